The molecule has 1 atom stereocenters. The van der Waals surface area contributed by atoms with Gasteiger partial charge in [-0.3, -0.25) is 9.69 Å². The summed E-state index contributed by atoms with van der Waals surface area (Å²) in [5, 5.41) is 3.33. The number of nitrogens with one attached hydrogen (secondary N) is 1. The first-order valence-corrected chi connectivity index (χ1v) is 9.49. The number of amides is 1. The Bertz CT molecular complexity index is 494. The maximum Gasteiger partial charge on any atom is 0.237 e. The molecule has 1 saturated heterocycles. The second-order valence-electron chi connectivity index (χ2n) is 7.03. The summed E-state index contributed by atoms with van der Waals surface area (Å²) >= 11 is 0. The maximum absolute atomic E-state index is 12.9. The quantitative estimate of drug-likeness (QED) is 0.872. The molecule has 0 bridgehead atoms. The van der Waals surface area contributed by atoms with Crippen molar-refractivity contribution in [2.24, 2.45) is 0 Å². The van der Waals surface area contributed by atoms with E-state index < -0.39 is 0 Å². The van der Waals surface area contributed by atoms with Crippen molar-refractivity contribution in [3.05, 3.63) is 35.9 Å². The SMILES string of the molecule is O=C(NC1CCCCC1)C(CCc1ccccc1)N1CCOCC1. The lowest BCUT2D eigenvalue weighted by molar-refractivity contribution is -0.129. The third kappa shape index (κ3) is 5.05. The summed E-state index contributed by atoms with van der Waals surface area (Å²) in [7, 11) is 0. The highest BCUT2D eigenvalue weighted by molar-refractivity contribution is 5.82. The topological polar surface area (TPSA) is 41.6 Å². The lowest BCUT2D eigenvalue weighted by atomic mass is 9.94. The van der Waals surface area contributed by atoms with Crippen LogP contribution in [0, 0.1) is 0 Å². The molecule has 24 heavy (non-hydrogen) atoms. The van der Waals surface area contributed by atoms with Gasteiger partial charge in [0.25, 0.3) is 0 Å². The summed E-state index contributed by atoms with van der Waals surface area (Å²) in [6.07, 6.45) is 7.91. The third-order valence-corrected chi connectivity index (χ3v) is 5.29. The summed E-state index contributed by atoms with van der Waals surface area (Å²) in [5.74, 6) is 0.222. The Balaban J connectivity index is 1.60. The number of morpholine rings is 1. The van der Waals surface area contributed by atoms with E-state index in [2.05, 4.69) is 34.5 Å². The number of rotatable bonds is 6. The Labute approximate surface area is 145 Å². The number of carbonyl (C=O) groups excluding carboxylic acids is 1. The summed E-state index contributed by atoms with van der Waals surface area (Å²) in [6.45, 7) is 3.19. The lowest BCUT2D eigenvalue weighted by Crippen LogP contribution is -2.53. The highest BCUT2D eigenvalue weighted by Gasteiger charge is 2.28. The van der Waals surface area contributed by atoms with Crippen LogP contribution in [0.3, 0.4) is 0 Å². The van der Waals surface area contributed by atoms with E-state index in [4.69, 9.17) is 4.74 Å². The minimum absolute atomic E-state index is 0.0315. The van der Waals surface area contributed by atoms with Gasteiger partial charge in [0, 0.05) is 19.1 Å². The van der Waals surface area contributed by atoms with Crippen LogP contribution in [0.2, 0.25) is 0 Å². The zero-order valence-corrected chi connectivity index (χ0v) is 14.6. The predicted molar refractivity (Wildman–Crippen MR) is 96.0 cm³/mol. The van der Waals surface area contributed by atoms with E-state index >= 15 is 0 Å². The predicted octanol–water partition coefficient (Wildman–Crippen LogP) is 2.77. The minimum Gasteiger partial charge on any atom is -0.379 e. The molecule has 1 aromatic carbocycles. The van der Waals surface area contributed by atoms with Crippen LogP contribution in [0.25, 0.3) is 0 Å². The zero-order chi connectivity index (χ0) is 16.6. The van der Waals surface area contributed by atoms with Crippen LogP contribution in [-0.2, 0) is 16.0 Å². The molecular formula is C20H30N2O2. The molecule has 1 heterocycles. The molecule has 4 heteroatoms. The normalized spacial score (nSPS) is 21.3. The molecule has 1 aromatic rings. The van der Waals surface area contributed by atoms with Crippen molar-refractivity contribution in [3.63, 3.8) is 0 Å². The first-order valence-electron chi connectivity index (χ1n) is 9.49. The van der Waals surface area contributed by atoms with Crippen LogP contribution in [0.1, 0.15) is 44.1 Å². The van der Waals surface area contributed by atoms with Gasteiger partial charge in [-0.25, -0.2) is 0 Å². The van der Waals surface area contributed by atoms with Crippen molar-refractivity contribution in [1.82, 2.24) is 10.2 Å². The van der Waals surface area contributed by atoms with Gasteiger partial charge in [-0.2, -0.15) is 0 Å². The summed E-state index contributed by atoms with van der Waals surface area (Å²) < 4.78 is 5.47. The van der Waals surface area contributed by atoms with Crippen molar-refractivity contribution in [3.8, 4) is 0 Å². The van der Waals surface area contributed by atoms with Crippen LogP contribution in [-0.4, -0.2) is 49.2 Å². The monoisotopic (exact) mass is 330 g/mol. The molecule has 1 unspecified atom stereocenters. The molecule has 4 nitrogen and oxygen atoms in total. The smallest absolute Gasteiger partial charge is 0.237 e. The van der Waals surface area contributed by atoms with Gasteiger partial charge in [0.2, 0.25) is 5.91 Å². The molecular weight excluding hydrogens is 300 g/mol. The minimum atomic E-state index is -0.0315. The van der Waals surface area contributed by atoms with Gasteiger partial charge in [0.15, 0.2) is 0 Å². The highest BCUT2D eigenvalue weighted by Crippen LogP contribution is 2.19. The van der Waals surface area contributed by atoms with E-state index in [1.54, 1.807) is 0 Å². The summed E-state index contributed by atoms with van der Waals surface area (Å²) in [6, 6.07) is 10.8. The fourth-order valence-electron chi connectivity index (χ4n) is 3.86. The van der Waals surface area contributed by atoms with Gasteiger partial charge in [-0.1, -0.05) is 49.6 Å². The van der Waals surface area contributed by atoms with E-state index in [-0.39, 0.29) is 11.9 Å². The van der Waals surface area contributed by atoms with Crippen molar-refractivity contribution >= 4 is 5.91 Å². The summed E-state index contributed by atoms with van der Waals surface area (Å²) in [5.41, 5.74) is 1.31. The maximum atomic E-state index is 12.9. The second-order valence-corrected chi connectivity index (χ2v) is 7.03. The lowest BCUT2D eigenvalue weighted by Gasteiger charge is -2.35. The molecule has 0 aromatic heterocycles. The third-order valence-electron chi connectivity index (χ3n) is 5.29. The van der Waals surface area contributed by atoms with Crippen LogP contribution in [0.4, 0.5) is 0 Å². The van der Waals surface area contributed by atoms with E-state index in [1.807, 2.05) is 6.07 Å². The number of hydrogen-bond donors (Lipinski definition) is 1. The molecule has 1 aliphatic heterocycles. The Morgan fingerprint density at radius 1 is 1.12 bits per heavy atom. The molecule has 0 spiro atoms. The Morgan fingerprint density at radius 3 is 2.54 bits per heavy atom. The van der Waals surface area contributed by atoms with E-state index in [0.29, 0.717) is 6.04 Å². The van der Waals surface area contributed by atoms with Crippen molar-refractivity contribution in [1.29, 1.82) is 0 Å². The van der Waals surface area contributed by atoms with Gasteiger partial charge >= 0.3 is 0 Å². The molecule has 3 rings (SSSR count). The molecule has 1 aliphatic carbocycles. The van der Waals surface area contributed by atoms with Crippen LogP contribution < -0.4 is 5.32 Å². The molecule has 1 N–H and O–H groups in total. The Kier molecular flexibility index (Phi) is 6.67. The fraction of sp³-hybridized carbons (Fsp3) is 0.650. The number of aryl methyl sites for hydroxylation is 1. The second kappa shape index (κ2) is 9.19. The number of nitrogens with zero attached hydrogens (tertiary/aromatic N) is 1. The Morgan fingerprint density at radius 2 is 1.83 bits per heavy atom. The molecule has 2 aliphatic rings. The number of hydrogen-bond acceptors (Lipinski definition) is 3. The van der Waals surface area contributed by atoms with Gasteiger partial charge < -0.3 is 10.1 Å². The van der Waals surface area contributed by atoms with Crippen LogP contribution >= 0.6 is 0 Å². The average molecular weight is 330 g/mol. The highest BCUT2D eigenvalue weighted by atomic mass is 16.5. The Hall–Kier alpha value is -1.39. The standard InChI is InChI=1S/C20H30N2O2/c23-20(21-18-9-5-2-6-10-18)19(22-13-15-24-16-14-22)12-11-17-7-3-1-4-8-17/h1,3-4,7-8,18-19H,2,5-6,9-16H2,(H,21,23). The van der Waals surface area contributed by atoms with Crippen molar-refractivity contribution < 1.29 is 9.53 Å². The van der Waals surface area contributed by atoms with Gasteiger partial charge in [0.1, 0.15) is 0 Å². The molecule has 1 amide bonds. The van der Waals surface area contributed by atoms with Crippen LogP contribution in [0.5, 0.6) is 0 Å². The number of ether oxygens (including phenoxy) is 1. The molecule has 0 radical (unpaired) electrons. The average Bonchev–Trinajstić information content (AvgIpc) is 2.64. The van der Waals surface area contributed by atoms with Gasteiger partial charge in [-0.15, -0.1) is 0 Å². The van der Waals surface area contributed by atoms with Gasteiger partial charge in [-0.05, 0) is 31.2 Å². The van der Waals surface area contributed by atoms with Crippen LogP contribution in [0.15, 0.2) is 30.3 Å². The summed E-state index contributed by atoms with van der Waals surface area (Å²) in [4.78, 5) is 15.2. The van der Waals surface area contributed by atoms with E-state index in [1.165, 1.54) is 24.8 Å². The molecule has 2 fully saturated rings. The molecule has 132 valence electrons. The van der Waals surface area contributed by atoms with E-state index in [0.717, 1.165) is 52.0 Å². The van der Waals surface area contributed by atoms with Crippen molar-refractivity contribution in [2.45, 2.75) is 57.0 Å². The molecule has 1 saturated carbocycles. The first-order chi connectivity index (χ1) is 11.8. The largest absolute Gasteiger partial charge is 0.379 e. The van der Waals surface area contributed by atoms with E-state index in [9.17, 15) is 4.79 Å². The van der Waals surface area contributed by atoms with Gasteiger partial charge in [0.05, 0.1) is 19.3 Å². The first kappa shape index (κ1) is 17.4. The zero-order valence-electron chi connectivity index (χ0n) is 14.6. The number of benzene rings is 1. The fourth-order valence-corrected chi connectivity index (χ4v) is 3.86. The number of carbonyl (C=O) groups is 1. The van der Waals surface area contributed by atoms with Crippen molar-refractivity contribution in [2.75, 3.05) is 26.3 Å².